The minimum atomic E-state index is 0.0498. The fourth-order valence-electron chi connectivity index (χ4n) is 3.52. The first-order valence-electron chi connectivity index (χ1n) is 10.8. The Kier molecular flexibility index (Phi) is 6.68. The molecule has 1 aromatic carbocycles. The van der Waals surface area contributed by atoms with Gasteiger partial charge in [-0.25, -0.2) is 4.98 Å². The summed E-state index contributed by atoms with van der Waals surface area (Å²) in [5.74, 6) is 1.56. The number of imidazole rings is 1. The summed E-state index contributed by atoms with van der Waals surface area (Å²) in [6.07, 6.45) is 15.4. The van der Waals surface area contributed by atoms with Crippen molar-refractivity contribution < 1.29 is 4.79 Å². The van der Waals surface area contributed by atoms with Crippen LogP contribution in [0.3, 0.4) is 0 Å². The molecule has 29 heavy (non-hydrogen) atoms. The Morgan fingerprint density at radius 1 is 1.17 bits per heavy atom. The minimum absolute atomic E-state index is 0.0498. The number of aromatic nitrogens is 2. The lowest BCUT2D eigenvalue weighted by molar-refractivity contribution is 0.0926. The van der Waals surface area contributed by atoms with Gasteiger partial charge in [0.1, 0.15) is 5.82 Å². The third kappa shape index (κ3) is 4.50. The fraction of sp³-hybridized carbons (Fsp3) is 0.385. The first-order valence-corrected chi connectivity index (χ1v) is 10.8. The van der Waals surface area contributed by atoms with E-state index < -0.39 is 0 Å². The van der Waals surface area contributed by atoms with E-state index in [1.54, 1.807) is 0 Å². The van der Waals surface area contributed by atoms with Crippen LogP contribution in [-0.4, -0.2) is 15.3 Å². The van der Waals surface area contributed by atoms with Gasteiger partial charge in [-0.2, -0.15) is 0 Å². The van der Waals surface area contributed by atoms with E-state index in [9.17, 15) is 4.79 Å². The molecule has 1 unspecified atom stereocenters. The molecule has 1 aliphatic carbocycles. The zero-order valence-electron chi connectivity index (χ0n) is 18.3. The molecule has 1 aromatic heterocycles. The van der Waals surface area contributed by atoms with E-state index in [4.69, 9.17) is 4.98 Å². The highest BCUT2D eigenvalue weighted by atomic mass is 16.1. The molecule has 1 heterocycles. The van der Waals surface area contributed by atoms with Gasteiger partial charge in [-0.05, 0) is 49.0 Å². The first-order chi connectivity index (χ1) is 14.0. The van der Waals surface area contributed by atoms with Gasteiger partial charge >= 0.3 is 0 Å². The van der Waals surface area contributed by atoms with Crippen LogP contribution >= 0.6 is 0 Å². The van der Waals surface area contributed by atoms with Gasteiger partial charge in [0, 0.05) is 28.9 Å². The Balaban J connectivity index is 2.11. The second-order valence-electron chi connectivity index (χ2n) is 8.07. The number of hydrogen-bond acceptors (Lipinski definition) is 2. The van der Waals surface area contributed by atoms with E-state index in [1.165, 1.54) is 0 Å². The largest absolute Gasteiger partial charge is 0.300 e. The number of aryl methyl sites for hydroxylation is 1. The third-order valence-electron chi connectivity index (χ3n) is 5.63. The third-order valence-corrected chi connectivity index (χ3v) is 5.63. The molecule has 0 saturated heterocycles. The Hall–Kier alpha value is -2.68. The molecule has 0 fully saturated rings. The van der Waals surface area contributed by atoms with Crippen molar-refractivity contribution in [1.82, 2.24) is 9.55 Å². The number of ketones is 1. The summed E-state index contributed by atoms with van der Waals surface area (Å²) in [7, 11) is 0. The molecule has 1 atom stereocenters. The predicted octanol–water partition coefficient (Wildman–Crippen LogP) is 6.82. The molecule has 0 aliphatic heterocycles. The van der Waals surface area contributed by atoms with Gasteiger partial charge < -0.3 is 0 Å². The molecule has 152 valence electrons. The normalized spacial score (nSPS) is 14.8. The zero-order chi connectivity index (χ0) is 21.0. The zero-order valence-corrected chi connectivity index (χ0v) is 18.3. The Morgan fingerprint density at radius 3 is 2.66 bits per heavy atom. The van der Waals surface area contributed by atoms with Gasteiger partial charge in [-0.15, -0.1) is 0 Å². The van der Waals surface area contributed by atoms with Gasteiger partial charge in [0.25, 0.3) is 0 Å². The molecule has 0 amide bonds. The van der Waals surface area contributed by atoms with E-state index in [-0.39, 0.29) is 11.7 Å². The van der Waals surface area contributed by atoms with E-state index in [2.05, 4.69) is 81.0 Å². The second-order valence-corrected chi connectivity index (χ2v) is 8.07. The lowest BCUT2D eigenvalue weighted by Crippen LogP contribution is -2.12. The lowest BCUT2D eigenvalue weighted by Gasteiger charge is -2.14. The number of Topliss-reactive ketones (excluding diaryl/α,β-unsaturated/α-hetero) is 1. The highest BCUT2D eigenvalue weighted by Gasteiger charge is 2.19. The lowest BCUT2D eigenvalue weighted by atomic mass is 9.91. The number of carbonyl (C=O) groups excluding carboxylic acids is 1. The number of carbonyl (C=O) groups is 1. The van der Waals surface area contributed by atoms with Crippen LogP contribution in [0.4, 0.5) is 0 Å². The number of nitrogens with zero attached hydrogens (tertiary/aromatic N) is 2. The maximum atomic E-state index is 12.8. The summed E-state index contributed by atoms with van der Waals surface area (Å²) < 4.78 is 2.17. The van der Waals surface area contributed by atoms with Crippen molar-refractivity contribution in [2.45, 2.75) is 59.8 Å². The van der Waals surface area contributed by atoms with Crippen molar-refractivity contribution in [1.29, 1.82) is 0 Å². The quantitative estimate of drug-likeness (QED) is 0.488. The standard InChI is InChI=1S/C26H32N2O/c1-6-19(5)25(29)23-15-14-21(16-20(23)7-2)26-27-24(18(3)4)17-28(26)22-12-10-8-9-11-13-22/h8,10-19H,6-7,9H2,1-5H3. The highest BCUT2D eigenvalue weighted by molar-refractivity contribution is 5.99. The fourth-order valence-corrected chi connectivity index (χ4v) is 3.52. The average molecular weight is 389 g/mol. The molecule has 3 rings (SSSR count). The minimum Gasteiger partial charge on any atom is -0.300 e. The van der Waals surface area contributed by atoms with E-state index >= 15 is 0 Å². The predicted molar refractivity (Wildman–Crippen MR) is 122 cm³/mol. The van der Waals surface area contributed by atoms with Crippen molar-refractivity contribution in [3.63, 3.8) is 0 Å². The summed E-state index contributed by atoms with van der Waals surface area (Å²) in [6.45, 7) is 10.5. The molecule has 0 bridgehead atoms. The van der Waals surface area contributed by atoms with Crippen LogP contribution in [0.5, 0.6) is 0 Å². The number of benzene rings is 1. The van der Waals surface area contributed by atoms with Gasteiger partial charge in [0.05, 0.1) is 5.69 Å². The van der Waals surface area contributed by atoms with Crippen molar-refractivity contribution in [3.8, 4) is 11.4 Å². The highest BCUT2D eigenvalue weighted by Crippen LogP contribution is 2.29. The molecule has 0 spiro atoms. The molecule has 2 aromatic rings. The Bertz CT molecular complexity index is 973. The van der Waals surface area contributed by atoms with E-state index in [1.807, 2.05) is 13.0 Å². The van der Waals surface area contributed by atoms with Crippen molar-refractivity contribution >= 4 is 11.5 Å². The van der Waals surface area contributed by atoms with E-state index in [0.29, 0.717) is 5.92 Å². The number of hydrogen-bond donors (Lipinski definition) is 0. The van der Waals surface area contributed by atoms with Crippen LogP contribution in [0.2, 0.25) is 0 Å². The van der Waals surface area contributed by atoms with Crippen molar-refractivity contribution in [3.05, 3.63) is 71.6 Å². The monoisotopic (exact) mass is 388 g/mol. The molecular formula is C26H32N2O. The van der Waals surface area contributed by atoms with Crippen LogP contribution in [0.15, 0.2) is 54.8 Å². The number of allylic oxidation sites excluding steroid dienone is 6. The smallest absolute Gasteiger partial charge is 0.165 e. The first kappa shape index (κ1) is 21.0. The summed E-state index contributed by atoms with van der Waals surface area (Å²) >= 11 is 0. The van der Waals surface area contributed by atoms with Crippen molar-refractivity contribution in [2.75, 3.05) is 0 Å². The van der Waals surface area contributed by atoms with Gasteiger partial charge in [0.15, 0.2) is 5.78 Å². The Morgan fingerprint density at radius 2 is 1.97 bits per heavy atom. The van der Waals surface area contributed by atoms with Crippen LogP contribution in [0, 0.1) is 5.92 Å². The van der Waals surface area contributed by atoms with Crippen LogP contribution in [-0.2, 0) is 6.42 Å². The van der Waals surface area contributed by atoms with Gasteiger partial charge in [-0.1, -0.05) is 65.0 Å². The molecular weight excluding hydrogens is 356 g/mol. The SMILES string of the molecule is CCc1cc(-c2nc(C(C)C)cn2C2=CC=CCC=C2)ccc1C(=O)C(C)CC. The van der Waals surface area contributed by atoms with Crippen LogP contribution < -0.4 is 0 Å². The maximum Gasteiger partial charge on any atom is 0.165 e. The molecule has 0 radical (unpaired) electrons. The molecule has 0 N–H and O–H groups in total. The second kappa shape index (κ2) is 9.21. The van der Waals surface area contributed by atoms with Gasteiger partial charge in [-0.3, -0.25) is 9.36 Å². The summed E-state index contributed by atoms with van der Waals surface area (Å²) in [4.78, 5) is 17.8. The molecule has 1 aliphatic rings. The summed E-state index contributed by atoms with van der Waals surface area (Å²) in [5.41, 5.74) is 5.17. The Labute approximate surface area is 174 Å². The average Bonchev–Trinajstić information content (AvgIpc) is 3.01. The topological polar surface area (TPSA) is 34.9 Å². The van der Waals surface area contributed by atoms with Gasteiger partial charge in [0.2, 0.25) is 0 Å². The van der Waals surface area contributed by atoms with Crippen LogP contribution in [0.1, 0.15) is 75.0 Å². The van der Waals surface area contributed by atoms with E-state index in [0.717, 1.165) is 53.2 Å². The van der Waals surface area contributed by atoms with Crippen LogP contribution in [0.25, 0.3) is 17.1 Å². The van der Waals surface area contributed by atoms with Crippen molar-refractivity contribution in [2.24, 2.45) is 5.92 Å². The number of rotatable bonds is 7. The maximum absolute atomic E-state index is 12.8. The summed E-state index contributed by atoms with van der Waals surface area (Å²) in [6, 6.07) is 6.19. The summed E-state index contributed by atoms with van der Waals surface area (Å²) in [5, 5.41) is 0. The molecule has 3 heteroatoms. The molecule has 3 nitrogen and oxygen atoms in total. The molecule has 0 saturated carbocycles.